The van der Waals surface area contributed by atoms with Gasteiger partial charge in [0.2, 0.25) is 11.9 Å². The van der Waals surface area contributed by atoms with Crippen molar-refractivity contribution in [3.8, 4) is 0 Å². The molecule has 0 aromatic carbocycles. The Bertz CT molecular complexity index is 515. The molecule has 2 heterocycles. The van der Waals surface area contributed by atoms with Crippen LogP contribution < -0.4 is 5.32 Å². The third-order valence-electron chi connectivity index (χ3n) is 1.87. The van der Waals surface area contributed by atoms with E-state index in [0.717, 1.165) is 0 Å². The molecule has 1 amide bonds. The van der Waals surface area contributed by atoms with Crippen molar-refractivity contribution in [1.29, 1.82) is 0 Å². The first-order chi connectivity index (χ1) is 7.31. The van der Waals surface area contributed by atoms with E-state index in [1.165, 1.54) is 6.08 Å². The highest BCUT2D eigenvalue weighted by molar-refractivity contribution is 5.98. The fraction of sp³-hybridized carbons (Fsp3) is 0.100. The summed E-state index contributed by atoms with van der Waals surface area (Å²) in [6, 6.07) is 5.53. The summed E-state index contributed by atoms with van der Waals surface area (Å²) in [6.45, 7) is 1.78. The van der Waals surface area contributed by atoms with Crippen molar-refractivity contribution < 1.29 is 4.79 Å². The minimum absolute atomic E-state index is 0.212. The average Bonchev–Trinajstić information content (AvgIpc) is 2.62. The molecule has 0 aliphatic heterocycles. The van der Waals surface area contributed by atoms with E-state index < -0.39 is 0 Å². The van der Waals surface area contributed by atoms with Crippen LogP contribution in [0.25, 0.3) is 5.65 Å². The van der Waals surface area contributed by atoms with E-state index in [0.29, 0.717) is 11.6 Å². The third kappa shape index (κ3) is 1.85. The third-order valence-corrected chi connectivity index (χ3v) is 1.87. The van der Waals surface area contributed by atoms with E-state index >= 15 is 0 Å². The Balaban J connectivity index is 2.32. The number of fused-ring (bicyclic) bond motifs is 1. The molecule has 2 rings (SSSR count). The molecular weight excluding hydrogens is 192 g/mol. The SMILES string of the molecule is C/C=C/C(=O)Nc1nnc2ccccn12. The zero-order valence-corrected chi connectivity index (χ0v) is 8.21. The Morgan fingerprint density at radius 1 is 1.47 bits per heavy atom. The number of hydrogen-bond acceptors (Lipinski definition) is 3. The van der Waals surface area contributed by atoms with E-state index in [1.54, 1.807) is 23.6 Å². The zero-order valence-electron chi connectivity index (χ0n) is 8.21. The highest BCUT2D eigenvalue weighted by atomic mass is 16.1. The molecule has 0 saturated heterocycles. The van der Waals surface area contributed by atoms with Crippen molar-refractivity contribution in [1.82, 2.24) is 14.6 Å². The van der Waals surface area contributed by atoms with Crippen LogP contribution in [0.15, 0.2) is 36.5 Å². The molecule has 2 aromatic rings. The van der Waals surface area contributed by atoms with Crippen LogP contribution in [0.4, 0.5) is 5.95 Å². The van der Waals surface area contributed by atoms with Gasteiger partial charge >= 0.3 is 0 Å². The first-order valence-corrected chi connectivity index (χ1v) is 4.54. The van der Waals surface area contributed by atoms with Crippen LogP contribution >= 0.6 is 0 Å². The maximum absolute atomic E-state index is 11.3. The quantitative estimate of drug-likeness (QED) is 0.745. The maximum atomic E-state index is 11.3. The Morgan fingerprint density at radius 3 is 3.13 bits per heavy atom. The molecule has 0 atom stereocenters. The van der Waals surface area contributed by atoms with Crippen molar-refractivity contribution in [3.05, 3.63) is 36.5 Å². The number of amides is 1. The lowest BCUT2D eigenvalue weighted by Gasteiger charge is -1.98. The minimum Gasteiger partial charge on any atom is -0.291 e. The van der Waals surface area contributed by atoms with Gasteiger partial charge in [-0.3, -0.25) is 14.5 Å². The standard InChI is InChI=1S/C10H10N4O/c1-2-5-9(15)11-10-13-12-8-6-3-4-7-14(8)10/h2-7H,1H3,(H,11,13,15)/b5-2+. The number of pyridine rings is 1. The first-order valence-electron chi connectivity index (χ1n) is 4.54. The zero-order chi connectivity index (χ0) is 10.7. The second-order valence-electron chi connectivity index (χ2n) is 2.94. The van der Waals surface area contributed by atoms with Crippen LogP contribution in [0, 0.1) is 0 Å². The van der Waals surface area contributed by atoms with E-state index in [9.17, 15) is 4.79 Å². The summed E-state index contributed by atoms with van der Waals surface area (Å²) in [5.74, 6) is 0.212. The molecule has 0 radical (unpaired) electrons. The number of allylic oxidation sites excluding steroid dienone is 1. The van der Waals surface area contributed by atoms with E-state index in [1.807, 2.05) is 18.2 Å². The number of nitrogens with one attached hydrogen (secondary N) is 1. The number of aromatic nitrogens is 3. The normalized spacial score (nSPS) is 11.0. The van der Waals surface area contributed by atoms with Gasteiger partial charge in [0.1, 0.15) is 0 Å². The molecule has 0 aliphatic carbocycles. The highest BCUT2D eigenvalue weighted by Gasteiger charge is 2.05. The molecular formula is C10H10N4O. The number of hydrogen-bond donors (Lipinski definition) is 1. The summed E-state index contributed by atoms with van der Waals surface area (Å²) in [5, 5.41) is 10.4. The van der Waals surface area contributed by atoms with Gasteiger partial charge in [-0.15, -0.1) is 10.2 Å². The number of nitrogens with zero attached hydrogens (tertiary/aromatic N) is 3. The van der Waals surface area contributed by atoms with Gasteiger partial charge < -0.3 is 0 Å². The first kappa shape index (κ1) is 9.39. The molecule has 1 N–H and O–H groups in total. The van der Waals surface area contributed by atoms with Crippen molar-refractivity contribution >= 4 is 17.5 Å². The second kappa shape index (κ2) is 3.91. The molecule has 0 aliphatic rings. The summed E-state index contributed by atoms with van der Waals surface area (Å²) in [5.41, 5.74) is 0.702. The van der Waals surface area contributed by atoms with Gasteiger partial charge in [-0.25, -0.2) is 0 Å². The number of carbonyl (C=O) groups is 1. The van der Waals surface area contributed by atoms with Crippen LogP contribution in [0.1, 0.15) is 6.92 Å². The summed E-state index contributed by atoms with van der Waals surface area (Å²) >= 11 is 0. The topological polar surface area (TPSA) is 59.3 Å². The predicted octanol–water partition coefficient (Wildman–Crippen LogP) is 1.24. The molecule has 5 heteroatoms. The minimum atomic E-state index is -0.212. The predicted molar refractivity (Wildman–Crippen MR) is 56.4 cm³/mol. The molecule has 0 bridgehead atoms. The van der Waals surface area contributed by atoms with Crippen LogP contribution in [0.5, 0.6) is 0 Å². The van der Waals surface area contributed by atoms with Crippen molar-refractivity contribution in [2.45, 2.75) is 6.92 Å². The number of anilines is 1. The smallest absolute Gasteiger partial charge is 0.250 e. The summed E-state index contributed by atoms with van der Waals surface area (Å²) in [7, 11) is 0. The Morgan fingerprint density at radius 2 is 2.33 bits per heavy atom. The van der Waals surface area contributed by atoms with E-state index in [-0.39, 0.29) is 5.91 Å². The lowest BCUT2D eigenvalue weighted by Crippen LogP contribution is -2.10. The van der Waals surface area contributed by atoms with Crippen molar-refractivity contribution in [2.24, 2.45) is 0 Å². The average molecular weight is 202 g/mol. The maximum Gasteiger partial charge on any atom is 0.250 e. The molecule has 5 nitrogen and oxygen atoms in total. The molecule has 0 fully saturated rings. The second-order valence-corrected chi connectivity index (χ2v) is 2.94. The monoisotopic (exact) mass is 202 g/mol. The number of carbonyl (C=O) groups excluding carboxylic acids is 1. The van der Waals surface area contributed by atoms with Crippen molar-refractivity contribution in [3.63, 3.8) is 0 Å². The summed E-state index contributed by atoms with van der Waals surface area (Å²) in [6.07, 6.45) is 4.89. The van der Waals surface area contributed by atoms with Crippen LogP contribution in [-0.4, -0.2) is 20.5 Å². The van der Waals surface area contributed by atoms with Gasteiger partial charge in [0, 0.05) is 6.20 Å². The largest absolute Gasteiger partial charge is 0.291 e. The lowest BCUT2D eigenvalue weighted by molar-refractivity contribution is -0.112. The Labute approximate surface area is 86.4 Å². The van der Waals surface area contributed by atoms with E-state index in [2.05, 4.69) is 15.5 Å². The number of rotatable bonds is 2. The van der Waals surface area contributed by atoms with Crippen LogP contribution in [-0.2, 0) is 4.79 Å². The summed E-state index contributed by atoms with van der Waals surface area (Å²) in [4.78, 5) is 11.3. The summed E-state index contributed by atoms with van der Waals surface area (Å²) < 4.78 is 1.71. The van der Waals surface area contributed by atoms with Gasteiger partial charge in [-0.05, 0) is 25.1 Å². The molecule has 0 saturated carbocycles. The molecule has 76 valence electrons. The highest BCUT2D eigenvalue weighted by Crippen LogP contribution is 2.06. The van der Waals surface area contributed by atoms with Crippen LogP contribution in [0.2, 0.25) is 0 Å². The van der Waals surface area contributed by atoms with Crippen molar-refractivity contribution in [2.75, 3.05) is 5.32 Å². The molecule has 2 aromatic heterocycles. The van der Waals surface area contributed by atoms with Gasteiger partial charge in [-0.2, -0.15) is 0 Å². The molecule has 0 spiro atoms. The molecule has 0 unspecified atom stereocenters. The fourth-order valence-electron chi connectivity index (χ4n) is 1.23. The molecule has 15 heavy (non-hydrogen) atoms. The van der Waals surface area contributed by atoms with E-state index in [4.69, 9.17) is 0 Å². The Hall–Kier alpha value is -2.17. The van der Waals surface area contributed by atoms with Gasteiger partial charge in [0.25, 0.3) is 0 Å². The van der Waals surface area contributed by atoms with Gasteiger partial charge in [0.15, 0.2) is 5.65 Å². The van der Waals surface area contributed by atoms with Gasteiger partial charge in [0.05, 0.1) is 0 Å². The van der Waals surface area contributed by atoms with Crippen LogP contribution in [0.3, 0.4) is 0 Å². The fourth-order valence-corrected chi connectivity index (χ4v) is 1.23. The van der Waals surface area contributed by atoms with Gasteiger partial charge in [-0.1, -0.05) is 12.1 Å². The Kier molecular flexibility index (Phi) is 2.45. The lowest BCUT2D eigenvalue weighted by atomic mass is 10.5.